The molecule has 2 rings (SSSR count). The molecule has 1 aromatic carbocycles. The second kappa shape index (κ2) is 6.01. The van der Waals surface area contributed by atoms with Crippen molar-refractivity contribution in [2.75, 3.05) is 11.4 Å². The highest BCUT2D eigenvalue weighted by Crippen LogP contribution is 2.26. The average Bonchev–Trinajstić information content (AvgIpc) is 2.32. The number of hydrogen-bond donors (Lipinski definition) is 1. The van der Waals surface area contributed by atoms with Crippen molar-refractivity contribution in [2.45, 2.75) is 38.8 Å². The molecule has 0 radical (unpaired) electrons. The van der Waals surface area contributed by atoms with E-state index in [1.165, 1.54) is 6.07 Å². The lowest BCUT2D eigenvalue weighted by Crippen LogP contribution is -2.52. The van der Waals surface area contributed by atoms with Gasteiger partial charge in [0.1, 0.15) is 5.82 Å². The van der Waals surface area contributed by atoms with Crippen molar-refractivity contribution in [3.05, 3.63) is 28.5 Å². The number of piperidine rings is 1. The van der Waals surface area contributed by atoms with Gasteiger partial charge in [-0.25, -0.2) is 4.39 Å². The van der Waals surface area contributed by atoms with Crippen molar-refractivity contribution in [1.82, 2.24) is 5.32 Å². The van der Waals surface area contributed by atoms with Crippen molar-refractivity contribution in [3.63, 3.8) is 0 Å². The molecule has 1 amide bonds. The zero-order valence-corrected chi connectivity index (χ0v) is 12.7. The quantitative estimate of drug-likeness (QED) is 0.924. The van der Waals surface area contributed by atoms with E-state index in [2.05, 4.69) is 21.2 Å². The summed E-state index contributed by atoms with van der Waals surface area (Å²) in [7, 11) is 0. The van der Waals surface area contributed by atoms with Crippen LogP contribution in [-0.2, 0) is 4.79 Å². The summed E-state index contributed by atoms with van der Waals surface area (Å²) in [6.07, 6.45) is 1.69. The second-order valence-electron chi connectivity index (χ2n) is 5.10. The fourth-order valence-electron chi connectivity index (χ4n) is 2.37. The van der Waals surface area contributed by atoms with Gasteiger partial charge in [0.2, 0.25) is 5.91 Å². The van der Waals surface area contributed by atoms with E-state index in [0.717, 1.165) is 12.8 Å². The smallest absolute Gasteiger partial charge is 0.244 e. The van der Waals surface area contributed by atoms with Crippen molar-refractivity contribution in [3.8, 4) is 0 Å². The molecule has 1 unspecified atom stereocenters. The van der Waals surface area contributed by atoms with E-state index < -0.39 is 0 Å². The lowest BCUT2D eigenvalue weighted by molar-refractivity contribution is -0.122. The minimum Gasteiger partial charge on any atom is -0.308 e. The van der Waals surface area contributed by atoms with Gasteiger partial charge >= 0.3 is 0 Å². The number of carbonyl (C=O) groups excluding carboxylic acids is 1. The van der Waals surface area contributed by atoms with Crippen molar-refractivity contribution in [1.29, 1.82) is 0 Å². The van der Waals surface area contributed by atoms with Crippen LogP contribution in [0.4, 0.5) is 10.1 Å². The lowest BCUT2D eigenvalue weighted by atomic mass is 10.0. The predicted molar refractivity (Wildman–Crippen MR) is 77.7 cm³/mol. The minimum absolute atomic E-state index is 0.0406. The van der Waals surface area contributed by atoms with E-state index >= 15 is 0 Å². The summed E-state index contributed by atoms with van der Waals surface area (Å²) in [4.78, 5) is 13.9. The van der Waals surface area contributed by atoms with E-state index in [0.29, 0.717) is 16.7 Å². The van der Waals surface area contributed by atoms with Crippen LogP contribution in [0.3, 0.4) is 0 Å². The molecule has 3 nitrogen and oxygen atoms in total. The Morgan fingerprint density at radius 2 is 2.21 bits per heavy atom. The molecule has 0 bridgehead atoms. The Hall–Kier alpha value is -0.940. The van der Waals surface area contributed by atoms with Crippen LogP contribution in [-0.4, -0.2) is 24.5 Å². The summed E-state index contributed by atoms with van der Waals surface area (Å²) in [5, 5.41) is 3.24. The predicted octanol–water partition coefficient (Wildman–Crippen LogP) is 3.08. The minimum atomic E-state index is -0.368. The number of nitrogens with one attached hydrogen (secondary N) is 1. The van der Waals surface area contributed by atoms with Gasteiger partial charge in [-0.3, -0.25) is 4.79 Å². The fraction of sp³-hybridized carbons (Fsp3) is 0.500. The topological polar surface area (TPSA) is 32.3 Å². The summed E-state index contributed by atoms with van der Waals surface area (Å²) in [5.74, 6) is -0.408. The Morgan fingerprint density at radius 3 is 2.84 bits per heavy atom. The molecule has 0 saturated carbocycles. The summed E-state index contributed by atoms with van der Waals surface area (Å²) in [6.45, 7) is 4.59. The molecule has 5 heteroatoms. The fourth-order valence-corrected chi connectivity index (χ4v) is 2.70. The monoisotopic (exact) mass is 328 g/mol. The van der Waals surface area contributed by atoms with E-state index in [-0.39, 0.29) is 23.8 Å². The number of amides is 1. The molecule has 1 atom stereocenters. The summed E-state index contributed by atoms with van der Waals surface area (Å²) < 4.78 is 14.6. The van der Waals surface area contributed by atoms with Crippen LogP contribution in [0.1, 0.15) is 26.7 Å². The molecular weight excluding hydrogens is 311 g/mol. The summed E-state index contributed by atoms with van der Waals surface area (Å²) >= 11 is 3.22. The van der Waals surface area contributed by atoms with Crippen LogP contribution >= 0.6 is 15.9 Å². The molecule has 1 fully saturated rings. The molecule has 0 spiro atoms. The Bertz CT molecular complexity index is 479. The molecule has 1 saturated heterocycles. The van der Waals surface area contributed by atoms with Crippen LogP contribution in [0.25, 0.3) is 0 Å². The largest absolute Gasteiger partial charge is 0.308 e. The zero-order chi connectivity index (χ0) is 14.0. The molecular formula is C14H18BrFN2O. The van der Waals surface area contributed by atoms with Crippen LogP contribution in [0, 0.1) is 5.82 Å². The first kappa shape index (κ1) is 14.5. The third-order valence-corrected chi connectivity index (χ3v) is 3.67. The van der Waals surface area contributed by atoms with Gasteiger partial charge in [0.25, 0.3) is 0 Å². The Kier molecular flexibility index (Phi) is 4.58. The van der Waals surface area contributed by atoms with Gasteiger partial charge in [-0.2, -0.15) is 0 Å². The van der Waals surface area contributed by atoms with Crippen LogP contribution < -0.4 is 10.2 Å². The first-order chi connectivity index (χ1) is 8.99. The lowest BCUT2D eigenvalue weighted by Gasteiger charge is -2.33. The van der Waals surface area contributed by atoms with Crippen molar-refractivity contribution < 1.29 is 9.18 Å². The summed E-state index contributed by atoms with van der Waals surface area (Å²) in [5.41, 5.74) is 0.364. The molecule has 0 aliphatic carbocycles. The number of benzene rings is 1. The number of carbonyl (C=O) groups is 1. The van der Waals surface area contributed by atoms with Crippen LogP contribution in [0.15, 0.2) is 22.7 Å². The van der Waals surface area contributed by atoms with E-state index in [4.69, 9.17) is 0 Å². The standard InChI is InChI=1S/C14H18BrFN2O/c1-9(2)17-12-4-3-7-18(14(12)19)13-6-5-10(15)8-11(13)16/h5-6,8-9,12,17H,3-4,7H2,1-2H3. The van der Waals surface area contributed by atoms with Gasteiger partial charge < -0.3 is 10.2 Å². The third kappa shape index (κ3) is 3.34. The Labute approximate surface area is 121 Å². The van der Waals surface area contributed by atoms with E-state index in [9.17, 15) is 9.18 Å². The first-order valence-electron chi connectivity index (χ1n) is 6.51. The van der Waals surface area contributed by atoms with Gasteiger partial charge in [0.05, 0.1) is 11.7 Å². The molecule has 1 heterocycles. The molecule has 19 heavy (non-hydrogen) atoms. The van der Waals surface area contributed by atoms with Crippen molar-refractivity contribution in [2.24, 2.45) is 0 Å². The highest BCUT2D eigenvalue weighted by Gasteiger charge is 2.31. The summed E-state index contributed by atoms with van der Waals surface area (Å²) in [6, 6.07) is 4.82. The third-order valence-electron chi connectivity index (χ3n) is 3.17. The zero-order valence-electron chi connectivity index (χ0n) is 11.1. The Morgan fingerprint density at radius 1 is 1.47 bits per heavy atom. The van der Waals surface area contributed by atoms with Gasteiger partial charge in [-0.15, -0.1) is 0 Å². The number of halogens is 2. The number of anilines is 1. The number of rotatable bonds is 3. The maximum absolute atomic E-state index is 14.0. The normalized spacial score (nSPS) is 20.2. The molecule has 104 valence electrons. The molecule has 1 N–H and O–H groups in total. The number of hydrogen-bond acceptors (Lipinski definition) is 2. The van der Waals surface area contributed by atoms with Gasteiger partial charge in [-0.1, -0.05) is 29.8 Å². The highest BCUT2D eigenvalue weighted by atomic mass is 79.9. The number of nitrogens with zero attached hydrogens (tertiary/aromatic N) is 1. The first-order valence-corrected chi connectivity index (χ1v) is 7.31. The molecule has 0 aromatic heterocycles. The van der Waals surface area contributed by atoms with Crippen LogP contribution in [0.5, 0.6) is 0 Å². The maximum atomic E-state index is 14.0. The van der Waals surface area contributed by atoms with Gasteiger partial charge in [-0.05, 0) is 31.0 Å². The molecule has 1 aromatic rings. The second-order valence-corrected chi connectivity index (χ2v) is 6.02. The maximum Gasteiger partial charge on any atom is 0.244 e. The average molecular weight is 329 g/mol. The SMILES string of the molecule is CC(C)NC1CCCN(c2ccc(Br)cc2F)C1=O. The van der Waals surface area contributed by atoms with Gasteiger partial charge in [0, 0.05) is 17.1 Å². The van der Waals surface area contributed by atoms with E-state index in [1.807, 2.05) is 13.8 Å². The van der Waals surface area contributed by atoms with Gasteiger partial charge in [0.15, 0.2) is 0 Å². The Balaban J connectivity index is 2.21. The molecule has 1 aliphatic rings. The van der Waals surface area contributed by atoms with Crippen molar-refractivity contribution >= 4 is 27.5 Å². The van der Waals surface area contributed by atoms with Crippen LogP contribution in [0.2, 0.25) is 0 Å². The van der Waals surface area contributed by atoms with E-state index in [1.54, 1.807) is 17.0 Å². The molecule has 1 aliphatic heterocycles. The highest BCUT2D eigenvalue weighted by molar-refractivity contribution is 9.10.